The summed E-state index contributed by atoms with van der Waals surface area (Å²) >= 11 is 0. The zero-order chi connectivity index (χ0) is 10.8. The van der Waals surface area contributed by atoms with E-state index in [0.29, 0.717) is 12.5 Å². The minimum Gasteiger partial charge on any atom is -0.445 e. The monoisotopic (exact) mass is 210 g/mol. The van der Waals surface area contributed by atoms with E-state index in [2.05, 4.69) is 24.1 Å². The molecule has 1 aliphatic rings. The zero-order valence-corrected chi connectivity index (χ0v) is 9.54. The Labute approximate surface area is 90.0 Å². The summed E-state index contributed by atoms with van der Waals surface area (Å²) in [6.45, 7) is 8.48. The second-order valence-electron chi connectivity index (χ2n) is 4.23. The van der Waals surface area contributed by atoms with Crippen LogP contribution in [-0.2, 0) is 4.74 Å². The average molecular weight is 210 g/mol. The Balaban J connectivity index is 2.19. The van der Waals surface area contributed by atoms with Gasteiger partial charge in [-0.15, -0.1) is 0 Å². The van der Waals surface area contributed by atoms with Crippen LogP contribution in [0, 0.1) is 6.92 Å². The predicted octanol–water partition coefficient (Wildman–Crippen LogP) is 1.77. The van der Waals surface area contributed by atoms with E-state index in [0.717, 1.165) is 30.5 Å². The number of morpholine rings is 1. The molecule has 2 heterocycles. The van der Waals surface area contributed by atoms with Gasteiger partial charge >= 0.3 is 0 Å². The van der Waals surface area contributed by atoms with Crippen LogP contribution in [0.4, 0.5) is 0 Å². The lowest BCUT2D eigenvalue weighted by atomic mass is 10.2. The summed E-state index contributed by atoms with van der Waals surface area (Å²) in [5.74, 6) is 2.05. The van der Waals surface area contributed by atoms with Crippen LogP contribution in [-0.4, -0.2) is 24.7 Å². The molecule has 4 heteroatoms. The van der Waals surface area contributed by atoms with E-state index in [1.807, 2.05) is 6.92 Å². The number of hydrogen-bond donors (Lipinski definition) is 1. The molecule has 0 amide bonds. The van der Waals surface area contributed by atoms with Crippen LogP contribution >= 0.6 is 0 Å². The Hall–Kier alpha value is -0.870. The molecule has 0 spiro atoms. The van der Waals surface area contributed by atoms with Gasteiger partial charge in [-0.2, -0.15) is 0 Å². The maximum absolute atomic E-state index is 5.62. The summed E-state index contributed by atoms with van der Waals surface area (Å²) < 4.78 is 11.0. The predicted molar refractivity (Wildman–Crippen MR) is 56.9 cm³/mol. The van der Waals surface area contributed by atoms with Crippen LogP contribution in [0.1, 0.15) is 43.2 Å². The van der Waals surface area contributed by atoms with Gasteiger partial charge in [-0.1, -0.05) is 13.8 Å². The highest BCUT2D eigenvalue weighted by Gasteiger charge is 2.22. The Morgan fingerprint density at radius 3 is 2.80 bits per heavy atom. The van der Waals surface area contributed by atoms with Gasteiger partial charge in [0.05, 0.1) is 19.3 Å². The van der Waals surface area contributed by atoms with Crippen LogP contribution in [0.15, 0.2) is 4.42 Å². The van der Waals surface area contributed by atoms with Gasteiger partial charge < -0.3 is 14.5 Å². The first-order valence-electron chi connectivity index (χ1n) is 5.47. The smallest absolute Gasteiger partial charge is 0.197 e. The van der Waals surface area contributed by atoms with Crippen LogP contribution in [0.2, 0.25) is 0 Å². The second kappa shape index (κ2) is 4.33. The number of rotatable bonds is 2. The van der Waals surface area contributed by atoms with E-state index >= 15 is 0 Å². The summed E-state index contributed by atoms with van der Waals surface area (Å²) in [6, 6.07) is 0.190. The fourth-order valence-corrected chi connectivity index (χ4v) is 1.74. The first-order chi connectivity index (χ1) is 7.18. The van der Waals surface area contributed by atoms with Crippen molar-refractivity contribution in [3.05, 3.63) is 17.3 Å². The number of nitrogens with zero attached hydrogens (tertiary/aromatic N) is 1. The van der Waals surface area contributed by atoms with E-state index in [4.69, 9.17) is 9.15 Å². The standard InChI is InChI=1S/C11H18N2O2/c1-7(2)11-13-10(8(3)15-11)9-6-14-5-4-12-9/h7,9,12H,4-6H2,1-3H3. The lowest BCUT2D eigenvalue weighted by molar-refractivity contribution is 0.0753. The van der Waals surface area contributed by atoms with E-state index in [1.165, 1.54) is 0 Å². The molecule has 0 aromatic carbocycles. The van der Waals surface area contributed by atoms with Crippen molar-refractivity contribution in [1.29, 1.82) is 0 Å². The summed E-state index contributed by atoms with van der Waals surface area (Å²) in [4.78, 5) is 4.52. The van der Waals surface area contributed by atoms with Gasteiger partial charge in [0.1, 0.15) is 11.5 Å². The molecule has 15 heavy (non-hydrogen) atoms. The highest BCUT2D eigenvalue weighted by atomic mass is 16.5. The Morgan fingerprint density at radius 1 is 1.47 bits per heavy atom. The molecule has 1 unspecified atom stereocenters. The molecule has 0 saturated carbocycles. The highest BCUT2D eigenvalue weighted by molar-refractivity contribution is 5.15. The first-order valence-corrected chi connectivity index (χ1v) is 5.47. The van der Waals surface area contributed by atoms with Gasteiger partial charge in [0.25, 0.3) is 0 Å². The largest absolute Gasteiger partial charge is 0.445 e. The first kappa shape index (κ1) is 10.6. The average Bonchev–Trinajstić information content (AvgIpc) is 2.62. The molecule has 1 aromatic rings. The molecule has 2 rings (SSSR count). The van der Waals surface area contributed by atoms with Crippen molar-refractivity contribution < 1.29 is 9.15 Å². The molecular weight excluding hydrogens is 192 g/mol. The normalized spacial score (nSPS) is 22.3. The van der Waals surface area contributed by atoms with Gasteiger partial charge in [0.2, 0.25) is 0 Å². The molecule has 0 aliphatic carbocycles. The molecule has 1 saturated heterocycles. The molecule has 1 N–H and O–H groups in total. The molecule has 0 radical (unpaired) electrons. The SMILES string of the molecule is Cc1oc(C(C)C)nc1C1COCCN1. The maximum atomic E-state index is 5.62. The van der Waals surface area contributed by atoms with Crippen molar-refractivity contribution in [2.75, 3.05) is 19.8 Å². The minimum atomic E-state index is 0.190. The van der Waals surface area contributed by atoms with Gasteiger partial charge in [0, 0.05) is 12.5 Å². The van der Waals surface area contributed by atoms with Crippen molar-refractivity contribution >= 4 is 0 Å². The van der Waals surface area contributed by atoms with Gasteiger partial charge in [0.15, 0.2) is 5.89 Å². The minimum absolute atomic E-state index is 0.190. The molecule has 1 aliphatic heterocycles. The molecule has 1 aromatic heterocycles. The quantitative estimate of drug-likeness (QED) is 0.808. The van der Waals surface area contributed by atoms with Gasteiger partial charge in [-0.3, -0.25) is 0 Å². The van der Waals surface area contributed by atoms with Crippen LogP contribution < -0.4 is 5.32 Å². The third kappa shape index (κ3) is 2.21. The number of aryl methyl sites for hydroxylation is 1. The molecule has 1 atom stereocenters. The van der Waals surface area contributed by atoms with Crippen molar-refractivity contribution in [3.63, 3.8) is 0 Å². The third-order valence-corrected chi connectivity index (χ3v) is 2.59. The lowest BCUT2D eigenvalue weighted by Crippen LogP contribution is -2.35. The topological polar surface area (TPSA) is 47.3 Å². The number of nitrogens with one attached hydrogen (secondary N) is 1. The van der Waals surface area contributed by atoms with E-state index < -0.39 is 0 Å². The summed E-state index contributed by atoms with van der Waals surface area (Å²) in [5.41, 5.74) is 0.999. The summed E-state index contributed by atoms with van der Waals surface area (Å²) in [6.07, 6.45) is 0. The Bertz CT molecular complexity index is 327. The third-order valence-electron chi connectivity index (χ3n) is 2.59. The number of ether oxygens (including phenoxy) is 1. The molecule has 0 bridgehead atoms. The molecular formula is C11H18N2O2. The zero-order valence-electron chi connectivity index (χ0n) is 9.54. The molecule has 4 nitrogen and oxygen atoms in total. The summed E-state index contributed by atoms with van der Waals surface area (Å²) in [5, 5.41) is 3.38. The Morgan fingerprint density at radius 2 is 2.27 bits per heavy atom. The molecule has 84 valence electrons. The van der Waals surface area contributed by atoms with E-state index in [1.54, 1.807) is 0 Å². The fraction of sp³-hybridized carbons (Fsp3) is 0.727. The fourth-order valence-electron chi connectivity index (χ4n) is 1.74. The van der Waals surface area contributed by atoms with Crippen molar-refractivity contribution in [2.24, 2.45) is 0 Å². The van der Waals surface area contributed by atoms with Crippen LogP contribution in [0.3, 0.4) is 0 Å². The lowest BCUT2D eigenvalue weighted by Gasteiger charge is -2.22. The Kier molecular flexibility index (Phi) is 3.07. The second-order valence-corrected chi connectivity index (χ2v) is 4.23. The van der Waals surface area contributed by atoms with Crippen molar-refractivity contribution in [2.45, 2.75) is 32.7 Å². The molecule has 1 fully saturated rings. The highest BCUT2D eigenvalue weighted by Crippen LogP contribution is 2.23. The van der Waals surface area contributed by atoms with Crippen LogP contribution in [0.25, 0.3) is 0 Å². The number of aromatic nitrogens is 1. The van der Waals surface area contributed by atoms with Gasteiger partial charge in [-0.05, 0) is 6.92 Å². The number of hydrogen-bond acceptors (Lipinski definition) is 4. The van der Waals surface area contributed by atoms with Crippen LogP contribution in [0.5, 0.6) is 0 Å². The van der Waals surface area contributed by atoms with Crippen molar-refractivity contribution in [3.8, 4) is 0 Å². The summed E-state index contributed by atoms with van der Waals surface area (Å²) in [7, 11) is 0. The van der Waals surface area contributed by atoms with Crippen molar-refractivity contribution in [1.82, 2.24) is 10.3 Å². The van der Waals surface area contributed by atoms with E-state index in [-0.39, 0.29) is 6.04 Å². The maximum Gasteiger partial charge on any atom is 0.197 e. The van der Waals surface area contributed by atoms with E-state index in [9.17, 15) is 0 Å². The number of oxazole rings is 1. The van der Waals surface area contributed by atoms with Gasteiger partial charge in [-0.25, -0.2) is 4.98 Å².